The number of non-ortho nitro benzene ring substituents is 1. The highest BCUT2D eigenvalue weighted by atomic mass is 16.6. The molecule has 6 heteroatoms. The maximum absolute atomic E-state index is 11.3. The number of esters is 1. The Morgan fingerprint density at radius 2 is 1.78 bits per heavy atom. The Labute approximate surface area is 132 Å². The third kappa shape index (κ3) is 4.58. The Hall–Kier alpha value is -3.33. The van der Waals surface area contributed by atoms with Crippen LogP contribution in [-0.4, -0.2) is 24.6 Å². The zero-order valence-corrected chi connectivity index (χ0v) is 12.3. The summed E-state index contributed by atoms with van der Waals surface area (Å²) in [5.74, 6) is 5.83. The van der Waals surface area contributed by atoms with Crippen LogP contribution in [0.4, 0.5) is 5.69 Å². The SMILES string of the molecule is COC(=O)c1ccc(OCC#Cc2ccc([N+](=O)[O-])cc2)cc1. The average Bonchev–Trinajstić information content (AvgIpc) is 2.59. The van der Waals surface area contributed by atoms with E-state index in [1.807, 2.05) is 0 Å². The van der Waals surface area contributed by atoms with Gasteiger partial charge in [-0.1, -0.05) is 11.8 Å². The average molecular weight is 311 g/mol. The summed E-state index contributed by atoms with van der Waals surface area (Å²) in [6.45, 7) is 0.161. The number of hydrogen-bond acceptors (Lipinski definition) is 5. The van der Waals surface area contributed by atoms with Crippen molar-refractivity contribution in [3.8, 4) is 17.6 Å². The Morgan fingerprint density at radius 3 is 2.35 bits per heavy atom. The van der Waals surface area contributed by atoms with Crippen molar-refractivity contribution in [2.45, 2.75) is 0 Å². The minimum absolute atomic E-state index is 0.0255. The zero-order valence-electron chi connectivity index (χ0n) is 12.3. The number of nitro benzene ring substituents is 1. The van der Waals surface area contributed by atoms with E-state index >= 15 is 0 Å². The second-order valence-corrected chi connectivity index (χ2v) is 4.41. The standard InChI is InChI=1S/C17H13NO5/c1-22-17(19)14-6-10-16(11-7-14)23-12-2-3-13-4-8-15(9-5-13)18(20)21/h4-11H,12H2,1H3. The first-order chi connectivity index (χ1) is 11.1. The quantitative estimate of drug-likeness (QED) is 0.375. The summed E-state index contributed by atoms with van der Waals surface area (Å²) in [4.78, 5) is 21.4. The van der Waals surface area contributed by atoms with Gasteiger partial charge in [0.1, 0.15) is 12.4 Å². The van der Waals surface area contributed by atoms with Crippen LogP contribution in [0.1, 0.15) is 15.9 Å². The first kappa shape index (κ1) is 16.0. The van der Waals surface area contributed by atoms with E-state index in [1.165, 1.54) is 19.2 Å². The van der Waals surface area contributed by atoms with Crippen LogP contribution >= 0.6 is 0 Å². The molecule has 0 atom stereocenters. The van der Waals surface area contributed by atoms with E-state index in [9.17, 15) is 14.9 Å². The second-order valence-electron chi connectivity index (χ2n) is 4.41. The zero-order chi connectivity index (χ0) is 16.7. The summed E-state index contributed by atoms with van der Waals surface area (Å²) in [6.07, 6.45) is 0. The van der Waals surface area contributed by atoms with E-state index in [4.69, 9.17) is 4.74 Å². The molecule has 0 aromatic heterocycles. The van der Waals surface area contributed by atoms with Crippen LogP contribution in [0.15, 0.2) is 48.5 Å². The molecule has 0 aliphatic rings. The normalized spacial score (nSPS) is 9.43. The molecule has 6 nitrogen and oxygen atoms in total. The number of nitrogens with zero attached hydrogens (tertiary/aromatic N) is 1. The van der Waals surface area contributed by atoms with E-state index in [2.05, 4.69) is 16.6 Å². The van der Waals surface area contributed by atoms with Crippen LogP contribution in [0, 0.1) is 22.0 Å². The summed E-state index contributed by atoms with van der Waals surface area (Å²) in [6, 6.07) is 12.5. The molecule has 0 unspecified atom stereocenters. The Kier molecular flexibility index (Phi) is 5.31. The van der Waals surface area contributed by atoms with Gasteiger partial charge in [0.15, 0.2) is 0 Å². The largest absolute Gasteiger partial charge is 0.481 e. The molecule has 0 bridgehead atoms. The number of ether oxygens (including phenoxy) is 2. The molecule has 2 aromatic carbocycles. The molecule has 0 aliphatic carbocycles. The number of carbonyl (C=O) groups excluding carboxylic acids is 1. The lowest BCUT2D eigenvalue weighted by molar-refractivity contribution is -0.384. The van der Waals surface area contributed by atoms with Gasteiger partial charge in [0.2, 0.25) is 0 Å². The minimum atomic E-state index is -0.460. The molecule has 2 rings (SSSR count). The van der Waals surface area contributed by atoms with Gasteiger partial charge in [0.25, 0.3) is 5.69 Å². The highest BCUT2D eigenvalue weighted by Crippen LogP contribution is 2.13. The van der Waals surface area contributed by atoms with Crippen molar-refractivity contribution < 1.29 is 19.2 Å². The second kappa shape index (κ2) is 7.61. The fraction of sp³-hybridized carbons (Fsp3) is 0.118. The topological polar surface area (TPSA) is 78.7 Å². The molecule has 0 N–H and O–H groups in total. The van der Waals surface area contributed by atoms with Crippen LogP contribution in [-0.2, 0) is 4.74 Å². The highest BCUT2D eigenvalue weighted by Gasteiger charge is 2.04. The molecule has 0 saturated heterocycles. The summed E-state index contributed by atoms with van der Waals surface area (Å²) in [7, 11) is 1.32. The minimum Gasteiger partial charge on any atom is -0.481 e. The summed E-state index contributed by atoms with van der Waals surface area (Å²) >= 11 is 0. The van der Waals surface area contributed by atoms with Crippen LogP contribution in [0.3, 0.4) is 0 Å². The van der Waals surface area contributed by atoms with E-state index < -0.39 is 10.9 Å². The van der Waals surface area contributed by atoms with Crippen molar-refractivity contribution in [2.24, 2.45) is 0 Å². The molecule has 0 amide bonds. The number of methoxy groups -OCH3 is 1. The number of hydrogen-bond donors (Lipinski definition) is 0. The van der Waals surface area contributed by atoms with Crippen LogP contribution < -0.4 is 4.74 Å². The summed E-state index contributed by atoms with van der Waals surface area (Å²) < 4.78 is 10.0. The van der Waals surface area contributed by atoms with Gasteiger partial charge in [-0.05, 0) is 36.4 Å². The summed E-state index contributed by atoms with van der Waals surface area (Å²) in [5.41, 5.74) is 1.13. The Balaban J connectivity index is 1.90. The van der Waals surface area contributed by atoms with Crippen molar-refractivity contribution in [3.63, 3.8) is 0 Å². The third-order valence-corrected chi connectivity index (χ3v) is 2.90. The van der Waals surface area contributed by atoms with Crippen molar-refractivity contribution >= 4 is 11.7 Å². The van der Waals surface area contributed by atoms with Gasteiger partial charge in [0.05, 0.1) is 17.6 Å². The lowest BCUT2D eigenvalue weighted by Gasteiger charge is -2.03. The summed E-state index contributed by atoms with van der Waals surface area (Å²) in [5, 5.41) is 10.5. The van der Waals surface area contributed by atoms with Crippen LogP contribution in [0.25, 0.3) is 0 Å². The molecule has 0 aliphatic heterocycles. The van der Waals surface area contributed by atoms with Crippen LogP contribution in [0.2, 0.25) is 0 Å². The first-order valence-electron chi connectivity index (χ1n) is 6.64. The Morgan fingerprint density at radius 1 is 1.13 bits per heavy atom. The van der Waals surface area contributed by atoms with Crippen LogP contribution in [0.5, 0.6) is 5.75 Å². The number of carbonyl (C=O) groups is 1. The fourth-order valence-electron chi connectivity index (χ4n) is 1.73. The Bertz CT molecular complexity index is 754. The molecule has 23 heavy (non-hydrogen) atoms. The first-order valence-corrected chi connectivity index (χ1v) is 6.64. The van der Waals surface area contributed by atoms with E-state index in [0.29, 0.717) is 16.9 Å². The number of rotatable bonds is 4. The third-order valence-electron chi connectivity index (χ3n) is 2.90. The lowest BCUT2D eigenvalue weighted by Crippen LogP contribution is -2.01. The molecule has 116 valence electrons. The van der Waals surface area contributed by atoms with Gasteiger partial charge in [-0.3, -0.25) is 10.1 Å². The maximum atomic E-state index is 11.3. The van der Waals surface area contributed by atoms with E-state index in [0.717, 1.165) is 0 Å². The molecular formula is C17H13NO5. The smallest absolute Gasteiger partial charge is 0.337 e. The van der Waals surface area contributed by atoms with Crippen molar-refractivity contribution in [3.05, 3.63) is 69.8 Å². The maximum Gasteiger partial charge on any atom is 0.337 e. The lowest BCUT2D eigenvalue weighted by atomic mass is 10.2. The molecular weight excluding hydrogens is 298 g/mol. The molecule has 0 heterocycles. The van der Waals surface area contributed by atoms with Gasteiger partial charge < -0.3 is 9.47 Å². The molecule has 0 fully saturated rings. The van der Waals surface area contributed by atoms with Gasteiger partial charge in [-0.2, -0.15) is 0 Å². The molecule has 0 saturated carbocycles. The van der Waals surface area contributed by atoms with Gasteiger partial charge >= 0.3 is 5.97 Å². The monoisotopic (exact) mass is 311 g/mol. The van der Waals surface area contributed by atoms with Gasteiger partial charge in [0, 0.05) is 17.7 Å². The number of nitro groups is 1. The molecule has 2 aromatic rings. The number of benzene rings is 2. The van der Waals surface area contributed by atoms with Crippen molar-refractivity contribution in [1.82, 2.24) is 0 Å². The van der Waals surface area contributed by atoms with Gasteiger partial charge in [-0.15, -0.1) is 0 Å². The van der Waals surface area contributed by atoms with Gasteiger partial charge in [-0.25, -0.2) is 4.79 Å². The molecule has 0 radical (unpaired) electrons. The predicted molar refractivity (Wildman–Crippen MR) is 83.3 cm³/mol. The van der Waals surface area contributed by atoms with Crippen molar-refractivity contribution in [2.75, 3.05) is 13.7 Å². The van der Waals surface area contributed by atoms with E-state index in [1.54, 1.807) is 36.4 Å². The molecule has 0 spiro atoms. The highest BCUT2D eigenvalue weighted by molar-refractivity contribution is 5.89. The fourth-order valence-corrected chi connectivity index (χ4v) is 1.73. The van der Waals surface area contributed by atoms with Crippen molar-refractivity contribution in [1.29, 1.82) is 0 Å². The predicted octanol–water partition coefficient (Wildman–Crippen LogP) is 2.81. The van der Waals surface area contributed by atoms with E-state index in [-0.39, 0.29) is 12.3 Å².